The smallest absolute Gasteiger partial charge is 0.428 e. The van der Waals surface area contributed by atoms with Crippen LogP contribution in [0.15, 0.2) is 24.3 Å². The molecule has 1 aromatic carbocycles. The van der Waals surface area contributed by atoms with Gasteiger partial charge in [-0.2, -0.15) is 39.5 Å². The highest BCUT2D eigenvalue weighted by molar-refractivity contribution is 5.64. The van der Waals surface area contributed by atoms with E-state index in [1.165, 1.54) is 20.8 Å². The maximum Gasteiger partial charge on any atom is 0.514 e. The molecule has 0 aliphatic carbocycles. The van der Waals surface area contributed by atoms with Crippen molar-refractivity contribution in [1.82, 2.24) is 0 Å². The molecule has 0 N–H and O–H groups in total. The van der Waals surface area contributed by atoms with Gasteiger partial charge >= 0.3 is 30.1 Å². The lowest BCUT2D eigenvalue weighted by molar-refractivity contribution is -0.413. The quantitative estimate of drug-likeness (QED) is 0.114. The van der Waals surface area contributed by atoms with Crippen LogP contribution in [0.25, 0.3) is 0 Å². The van der Waals surface area contributed by atoms with Crippen molar-refractivity contribution in [2.45, 2.75) is 89.2 Å². The molecule has 0 saturated carbocycles. The summed E-state index contributed by atoms with van der Waals surface area (Å²) in [6.07, 6.45) is -12.6. The summed E-state index contributed by atoms with van der Waals surface area (Å²) < 4.78 is 129. The van der Waals surface area contributed by atoms with Crippen molar-refractivity contribution in [3.63, 3.8) is 0 Å². The van der Waals surface area contributed by atoms with E-state index < -0.39 is 53.8 Å². The average molecular weight is 528 g/mol. The van der Waals surface area contributed by atoms with Crippen LogP contribution >= 0.6 is 0 Å². The summed E-state index contributed by atoms with van der Waals surface area (Å²) in [5.74, 6) is -19.9. The van der Waals surface area contributed by atoms with Gasteiger partial charge in [0.1, 0.15) is 17.5 Å². The minimum absolute atomic E-state index is 0.181. The number of halogens is 9. The summed E-state index contributed by atoms with van der Waals surface area (Å²) in [5.41, 5.74) is -2.49. The lowest BCUT2D eigenvalue weighted by atomic mass is 9.95. The van der Waals surface area contributed by atoms with Gasteiger partial charge in [0.15, 0.2) is 0 Å². The van der Waals surface area contributed by atoms with Crippen LogP contribution in [-0.4, -0.2) is 41.3 Å². The molecule has 5 nitrogen and oxygen atoms in total. The summed E-state index contributed by atoms with van der Waals surface area (Å²) >= 11 is 0. The van der Waals surface area contributed by atoms with Crippen molar-refractivity contribution in [2.24, 2.45) is 0 Å². The lowest BCUT2D eigenvalue weighted by Crippen LogP contribution is -2.61. The minimum Gasteiger partial charge on any atom is -0.428 e. The summed E-state index contributed by atoms with van der Waals surface area (Å²) in [5, 5.41) is 0. The van der Waals surface area contributed by atoms with Crippen LogP contribution in [0.4, 0.5) is 44.3 Å². The lowest BCUT2D eigenvalue weighted by Gasteiger charge is -2.35. The van der Waals surface area contributed by atoms with Crippen molar-refractivity contribution in [2.75, 3.05) is 0 Å². The number of benzene rings is 1. The number of carbonyl (C=O) groups excluding carboxylic acids is 1. The molecule has 0 spiro atoms. The molecule has 0 aromatic heterocycles. The van der Waals surface area contributed by atoms with Gasteiger partial charge in [-0.3, -0.25) is 0 Å². The summed E-state index contributed by atoms with van der Waals surface area (Å²) in [6.45, 7) is 8.75. The Morgan fingerprint density at radius 2 is 1.26 bits per heavy atom. The molecule has 0 saturated heterocycles. The van der Waals surface area contributed by atoms with Crippen LogP contribution in [0.2, 0.25) is 0 Å². The minimum atomic E-state index is -7.04. The maximum atomic E-state index is 14.2. The van der Waals surface area contributed by atoms with E-state index >= 15 is 0 Å². The van der Waals surface area contributed by atoms with Crippen molar-refractivity contribution in [1.29, 1.82) is 0 Å². The largest absolute Gasteiger partial charge is 0.514 e. The molecule has 0 radical (unpaired) electrons. The van der Waals surface area contributed by atoms with Crippen LogP contribution in [0.1, 0.15) is 59.6 Å². The zero-order valence-electron chi connectivity index (χ0n) is 19.5. The van der Waals surface area contributed by atoms with Crippen molar-refractivity contribution < 1.29 is 63.6 Å². The molecule has 35 heavy (non-hydrogen) atoms. The molecular formula is C21H25F9O5. The molecule has 0 aliphatic rings. The Morgan fingerprint density at radius 1 is 0.771 bits per heavy atom. The number of hydrogen-bond acceptors (Lipinski definition) is 5. The van der Waals surface area contributed by atoms with E-state index in [9.17, 15) is 44.3 Å². The van der Waals surface area contributed by atoms with Gasteiger partial charge in [0, 0.05) is 0 Å². The fraction of sp³-hybridized carbons (Fsp3) is 0.667. The van der Waals surface area contributed by atoms with Crippen LogP contribution in [-0.2, 0) is 14.5 Å². The molecule has 1 unspecified atom stereocenters. The van der Waals surface area contributed by atoms with Crippen LogP contribution in [0.5, 0.6) is 5.75 Å². The number of rotatable bonds is 8. The molecule has 0 heterocycles. The molecule has 1 aromatic rings. The SMILES string of the molecule is CC(C)(C)OOC(CC(F)(F)C(F)(F)C(F)(F)C(F)(F)F)c1ccc(OC(=O)OC(C)(C)C)cc1. The predicted octanol–water partition coefficient (Wildman–Crippen LogP) is 7.65. The second-order valence-corrected chi connectivity index (χ2v) is 9.47. The molecule has 1 atom stereocenters. The topological polar surface area (TPSA) is 54.0 Å². The standard InChI is InChI=1S/C21H25F9O5/c1-16(2,3)33-15(31)32-13-9-7-12(8-10-13)14(34-35-17(4,5)6)11-18(22,23)19(24,25)20(26,27)21(28,29)30/h7-10,14H,11H2,1-6H3. The first-order valence-electron chi connectivity index (χ1n) is 9.95. The summed E-state index contributed by atoms with van der Waals surface area (Å²) in [6, 6.07) is 3.89. The van der Waals surface area contributed by atoms with Gasteiger partial charge < -0.3 is 9.47 Å². The molecule has 0 fully saturated rings. The fourth-order valence-electron chi connectivity index (χ4n) is 2.30. The van der Waals surface area contributed by atoms with E-state index in [2.05, 4.69) is 0 Å². The van der Waals surface area contributed by atoms with Crippen LogP contribution in [0.3, 0.4) is 0 Å². The number of carbonyl (C=O) groups is 1. The first-order valence-corrected chi connectivity index (χ1v) is 9.95. The third-order valence-electron chi connectivity index (χ3n) is 3.91. The third kappa shape index (κ3) is 8.16. The fourth-order valence-corrected chi connectivity index (χ4v) is 2.30. The first kappa shape index (κ1) is 30.8. The van der Waals surface area contributed by atoms with Crippen LogP contribution in [0, 0.1) is 0 Å². The molecule has 202 valence electrons. The third-order valence-corrected chi connectivity index (χ3v) is 3.91. The summed E-state index contributed by atoms with van der Waals surface area (Å²) in [4.78, 5) is 21.2. The molecule has 0 aliphatic heterocycles. The Balaban J connectivity index is 3.24. The van der Waals surface area contributed by atoms with Gasteiger partial charge in [0.05, 0.1) is 12.0 Å². The van der Waals surface area contributed by atoms with Gasteiger partial charge in [-0.15, -0.1) is 0 Å². The molecular weight excluding hydrogens is 503 g/mol. The molecule has 14 heteroatoms. The van der Waals surface area contributed by atoms with E-state index in [0.29, 0.717) is 0 Å². The van der Waals surface area contributed by atoms with E-state index in [-0.39, 0.29) is 11.3 Å². The van der Waals surface area contributed by atoms with Gasteiger partial charge in [-0.25, -0.2) is 14.6 Å². The van der Waals surface area contributed by atoms with Crippen LogP contribution < -0.4 is 4.74 Å². The maximum absolute atomic E-state index is 14.2. The molecule has 1 rings (SSSR count). The Hall–Kier alpha value is -2.22. The van der Waals surface area contributed by atoms with E-state index in [4.69, 9.17) is 19.2 Å². The Morgan fingerprint density at radius 3 is 1.66 bits per heavy atom. The molecule has 0 bridgehead atoms. The second-order valence-electron chi connectivity index (χ2n) is 9.47. The van der Waals surface area contributed by atoms with Gasteiger partial charge in [0.2, 0.25) is 0 Å². The number of ether oxygens (including phenoxy) is 2. The van der Waals surface area contributed by atoms with Gasteiger partial charge in [-0.05, 0) is 59.2 Å². The monoisotopic (exact) mass is 528 g/mol. The van der Waals surface area contributed by atoms with Crippen molar-refractivity contribution >= 4 is 6.16 Å². The highest BCUT2D eigenvalue weighted by atomic mass is 19.4. The Bertz CT molecular complexity index is 854. The molecule has 0 amide bonds. The second kappa shape index (κ2) is 10.0. The summed E-state index contributed by atoms with van der Waals surface area (Å²) in [7, 11) is 0. The van der Waals surface area contributed by atoms with E-state index in [0.717, 1.165) is 24.3 Å². The highest BCUT2D eigenvalue weighted by Gasteiger charge is 2.81. The average Bonchev–Trinajstić information content (AvgIpc) is 2.62. The van der Waals surface area contributed by atoms with E-state index in [1.807, 2.05) is 0 Å². The Labute approximate surface area is 195 Å². The van der Waals surface area contributed by atoms with Crippen molar-refractivity contribution in [3.8, 4) is 5.75 Å². The van der Waals surface area contributed by atoms with Gasteiger partial charge in [0.25, 0.3) is 0 Å². The highest BCUT2D eigenvalue weighted by Crippen LogP contribution is 2.55. The zero-order valence-corrected chi connectivity index (χ0v) is 19.5. The van der Waals surface area contributed by atoms with Crippen molar-refractivity contribution in [3.05, 3.63) is 29.8 Å². The normalized spacial score (nSPS) is 15.1. The predicted molar refractivity (Wildman–Crippen MR) is 103 cm³/mol. The van der Waals surface area contributed by atoms with Gasteiger partial charge in [-0.1, -0.05) is 12.1 Å². The zero-order chi connectivity index (χ0) is 27.7. The van der Waals surface area contributed by atoms with E-state index in [1.54, 1.807) is 20.8 Å². The number of alkyl halides is 9. The first-order chi connectivity index (χ1) is 15.4. The number of hydrogen-bond donors (Lipinski definition) is 0. The Kier molecular flexibility index (Phi) is 8.83.